The lowest BCUT2D eigenvalue weighted by Gasteiger charge is -2.01. The number of hydrogen-bond donors (Lipinski definition) is 1. The van der Waals surface area contributed by atoms with Crippen LogP contribution in [0.1, 0.15) is 5.69 Å². The van der Waals surface area contributed by atoms with Gasteiger partial charge in [0, 0.05) is 12.3 Å². The van der Waals surface area contributed by atoms with E-state index in [0.29, 0.717) is 11.4 Å². The Bertz CT molecular complexity index is 190. The third-order valence-corrected chi connectivity index (χ3v) is 1.14. The highest BCUT2D eigenvalue weighted by Gasteiger charge is 1.99. The van der Waals surface area contributed by atoms with E-state index in [4.69, 9.17) is 9.84 Å². The van der Waals surface area contributed by atoms with Crippen molar-refractivity contribution < 1.29 is 9.84 Å². The molecule has 0 amide bonds. The Kier molecular flexibility index (Phi) is 2.23. The standard InChI is InChI=1S/C7H8NO2/c1-10-7-3-2-4-8-6(7)5-9/h2,4,9H,5H2,1H3. The Balaban J connectivity index is 2.96. The van der Waals surface area contributed by atoms with Gasteiger partial charge in [-0.3, -0.25) is 4.98 Å². The molecule has 0 unspecified atom stereocenters. The molecule has 0 spiro atoms. The van der Waals surface area contributed by atoms with Gasteiger partial charge in [-0.2, -0.15) is 0 Å². The molecule has 3 nitrogen and oxygen atoms in total. The van der Waals surface area contributed by atoms with Gasteiger partial charge in [-0.1, -0.05) is 0 Å². The average molecular weight is 138 g/mol. The topological polar surface area (TPSA) is 42.4 Å². The van der Waals surface area contributed by atoms with E-state index in [1.165, 1.54) is 7.11 Å². The van der Waals surface area contributed by atoms with Crippen LogP contribution < -0.4 is 4.74 Å². The summed E-state index contributed by atoms with van der Waals surface area (Å²) in [4.78, 5) is 3.86. The van der Waals surface area contributed by atoms with Crippen LogP contribution in [0.3, 0.4) is 0 Å². The number of nitrogens with zero attached hydrogens (tertiary/aromatic N) is 1. The minimum Gasteiger partial charge on any atom is -0.494 e. The van der Waals surface area contributed by atoms with Crippen LogP contribution in [0.4, 0.5) is 0 Å². The first-order valence-corrected chi connectivity index (χ1v) is 2.89. The summed E-state index contributed by atoms with van der Waals surface area (Å²) in [7, 11) is 1.52. The van der Waals surface area contributed by atoms with E-state index in [-0.39, 0.29) is 6.61 Å². The zero-order valence-electron chi connectivity index (χ0n) is 5.66. The Morgan fingerprint density at radius 3 is 3.10 bits per heavy atom. The minimum atomic E-state index is -0.111. The Labute approximate surface area is 59.3 Å². The maximum absolute atomic E-state index is 8.69. The van der Waals surface area contributed by atoms with Crippen molar-refractivity contribution in [3.05, 3.63) is 24.0 Å². The first kappa shape index (κ1) is 7.02. The van der Waals surface area contributed by atoms with E-state index in [9.17, 15) is 0 Å². The van der Waals surface area contributed by atoms with Crippen LogP contribution in [0.2, 0.25) is 0 Å². The molecule has 1 heterocycles. The number of ether oxygens (including phenoxy) is 1. The van der Waals surface area contributed by atoms with Gasteiger partial charge in [0.1, 0.15) is 5.69 Å². The maximum atomic E-state index is 8.69. The minimum absolute atomic E-state index is 0.111. The van der Waals surface area contributed by atoms with E-state index in [0.717, 1.165) is 0 Å². The third-order valence-electron chi connectivity index (χ3n) is 1.14. The highest BCUT2D eigenvalue weighted by atomic mass is 16.5. The molecular formula is C7H8NO2. The van der Waals surface area contributed by atoms with Crippen molar-refractivity contribution >= 4 is 0 Å². The average Bonchev–Trinajstić information content (AvgIpc) is 2.04. The molecule has 1 aromatic rings. The predicted molar refractivity (Wildman–Crippen MR) is 35.5 cm³/mol. The van der Waals surface area contributed by atoms with E-state index in [1.54, 1.807) is 12.3 Å². The molecule has 0 fully saturated rings. The molecule has 0 aliphatic carbocycles. The van der Waals surface area contributed by atoms with Gasteiger partial charge in [-0.25, -0.2) is 0 Å². The van der Waals surface area contributed by atoms with Crippen molar-refractivity contribution in [2.24, 2.45) is 0 Å². The van der Waals surface area contributed by atoms with Gasteiger partial charge in [0.05, 0.1) is 13.7 Å². The largest absolute Gasteiger partial charge is 0.494 e. The summed E-state index contributed by atoms with van der Waals surface area (Å²) in [5, 5.41) is 8.69. The van der Waals surface area contributed by atoms with Crippen LogP contribution in [-0.2, 0) is 6.61 Å². The summed E-state index contributed by atoms with van der Waals surface area (Å²) in [6.07, 6.45) is 1.56. The van der Waals surface area contributed by atoms with Crippen LogP contribution in [0.15, 0.2) is 12.3 Å². The molecule has 1 radical (unpaired) electrons. The van der Waals surface area contributed by atoms with Crippen molar-refractivity contribution in [2.75, 3.05) is 7.11 Å². The van der Waals surface area contributed by atoms with Crippen molar-refractivity contribution in [3.8, 4) is 5.75 Å². The van der Waals surface area contributed by atoms with Gasteiger partial charge < -0.3 is 9.84 Å². The SMILES string of the molecule is COc1[c]ccnc1CO. The summed E-state index contributed by atoms with van der Waals surface area (Å²) in [6.45, 7) is -0.111. The molecule has 1 rings (SSSR count). The van der Waals surface area contributed by atoms with Gasteiger partial charge in [0.25, 0.3) is 0 Å². The van der Waals surface area contributed by atoms with Gasteiger partial charge >= 0.3 is 0 Å². The van der Waals surface area contributed by atoms with Crippen LogP contribution in [0.5, 0.6) is 5.75 Å². The number of pyridine rings is 1. The lowest BCUT2D eigenvalue weighted by atomic mass is 10.3. The van der Waals surface area contributed by atoms with Crippen LogP contribution >= 0.6 is 0 Å². The molecule has 0 aromatic carbocycles. The Morgan fingerprint density at radius 1 is 1.80 bits per heavy atom. The number of aliphatic hydroxyl groups excluding tert-OH is 1. The van der Waals surface area contributed by atoms with Crippen LogP contribution in [-0.4, -0.2) is 17.2 Å². The fourth-order valence-electron chi connectivity index (χ4n) is 0.671. The van der Waals surface area contributed by atoms with Gasteiger partial charge in [0.15, 0.2) is 5.75 Å². The van der Waals surface area contributed by atoms with Gasteiger partial charge in [0.2, 0.25) is 0 Å². The van der Waals surface area contributed by atoms with Crippen LogP contribution in [0.25, 0.3) is 0 Å². The number of aromatic nitrogens is 1. The molecule has 0 aliphatic rings. The molecule has 0 bridgehead atoms. The quantitative estimate of drug-likeness (QED) is 0.642. The monoisotopic (exact) mass is 138 g/mol. The molecule has 0 atom stereocenters. The molecule has 0 saturated carbocycles. The highest BCUT2D eigenvalue weighted by Crippen LogP contribution is 2.12. The lowest BCUT2D eigenvalue weighted by Crippen LogP contribution is -1.94. The molecule has 0 aliphatic heterocycles. The number of methoxy groups -OCH3 is 1. The number of rotatable bonds is 2. The predicted octanol–water partition coefficient (Wildman–Crippen LogP) is 0.383. The molecule has 0 saturated heterocycles. The zero-order chi connectivity index (χ0) is 7.40. The van der Waals surface area contributed by atoms with Gasteiger partial charge in [-0.15, -0.1) is 0 Å². The number of aliphatic hydroxyl groups is 1. The van der Waals surface area contributed by atoms with Crippen molar-refractivity contribution in [1.29, 1.82) is 0 Å². The highest BCUT2D eigenvalue weighted by molar-refractivity contribution is 5.24. The van der Waals surface area contributed by atoms with Gasteiger partial charge in [-0.05, 0) is 6.07 Å². The van der Waals surface area contributed by atoms with E-state index in [1.807, 2.05) is 0 Å². The molecular weight excluding hydrogens is 130 g/mol. The molecule has 1 aromatic heterocycles. The second kappa shape index (κ2) is 3.17. The van der Waals surface area contributed by atoms with Crippen molar-refractivity contribution in [1.82, 2.24) is 4.98 Å². The molecule has 10 heavy (non-hydrogen) atoms. The fourth-order valence-corrected chi connectivity index (χ4v) is 0.671. The van der Waals surface area contributed by atoms with Crippen molar-refractivity contribution in [3.63, 3.8) is 0 Å². The second-order valence-corrected chi connectivity index (χ2v) is 1.73. The summed E-state index contributed by atoms with van der Waals surface area (Å²) < 4.78 is 4.86. The normalized spacial score (nSPS) is 9.40. The van der Waals surface area contributed by atoms with Crippen molar-refractivity contribution in [2.45, 2.75) is 6.61 Å². The first-order chi connectivity index (χ1) is 4.88. The third kappa shape index (κ3) is 1.25. The summed E-state index contributed by atoms with van der Waals surface area (Å²) in [6, 6.07) is 4.43. The molecule has 1 N–H and O–H groups in total. The van der Waals surface area contributed by atoms with Crippen LogP contribution in [0, 0.1) is 6.07 Å². The maximum Gasteiger partial charge on any atom is 0.150 e. The van der Waals surface area contributed by atoms with E-state index < -0.39 is 0 Å². The Hall–Kier alpha value is -1.09. The van der Waals surface area contributed by atoms with E-state index >= 15 is 0 Å². The molecule has 53 valence electrons. The lowest BCUT2D eigenvalue weighted by molar-refractivity contribution is 0.268. The first-order valence-electron chi connectivity index (χ1n) is 2.89. The smallest absolute Gasteiger partial charge is 0.150 e. The summed E-state index contributed by atoms with van der Waals surface area (Å²) >= 11 is 0. The summed E-state index contributed by atoms with van der Waals surface area (Å²) in [5.74, 6) is 0.505. The summed E-state index contributed by atoms with van der Waals surface area (Å²) in [5.41, 5.74) is 0.519. The zero-order valence-corrected chi connectivity index (χ0v) is 5.66. The fraction of sp³-hybridized carbons (Fsp3) is 0.286. The van der Waals surface area contributed by atoms with E-state index in [2.05, 4.69) is 11.1 Å². The number of hydrogen-bond acceptors (Lipinski definition) is 3. The Morgan fingerprint density at radius 2 is 2.60 bits per heavy atom. The second-order valence-electron chi connectivity index (χ2n) is 1.73. The molecule has 3 heteroatoms.